The van der Waals surface area contributed by atoms with Gasteiger partial charge in [0.1, 0.15) is 0 Å². The number of methoxy groups -OCH3 is 1. The van der Waals surface area contributed by atoms with Gasteiger partial charge in [0.05, 0.1) is 7.11 Å². The Morgan fingerprint density at radius 3 is 2.47 bits per heavy atom. The van der Waals surface area contributed by atoms with Crippen molar-refractivity contribution in [2.45, 2.75) is 6.18 Å². The van der Waals surface area contributed by atoms with Crippen molar-refractivity contribution in [1.82, 2.24) is 4.98 Å². The van der Waals surface area contributed by atoms with Crippen LogP contribution >= 0.6 is 0 Å². The first kappa shape index (κ1) is 12.9. The molecule has 0 saturated heterocycles. The summed E-state index contributed by atoms with van der Waals surface area (Å²) in [6, 6.07) is 1.12. The van der Waals surface area contributed by atoms with Crippen molar-refractivity contribution < 1.29 is 27.6 Å². The van der Waals surface area contributed by atoms with Crippen LogP contribution in [-0.4, -0.2) is 23.0 Å². The van der Waals surface area contributed by atoms with E-state index in [1.807, 2.05) is 0 Å². The van der Waals surface area contributed by atoms with Crippen LogP contribution in [0.5, 0.6) is 0 Å². The molecule has 0 unspecified atom stereocenters. The zero-order valence-corrected chi connectivity index (χ0v) is 8.32. The number of nitro groups is 1. The number of carbonyl (C=O) groups excluding carboxylic acids is 1. The maximum atomic E-state index is 12.4. The lowest BCUT2D eigenvalue weighted by molar-refractivity contribution is -0.392. The fourth-order valence-corrected chi connectivity index (χ4v) is 1.03. The monoisotopic (exact) mass is 250 g/mol. The topological polar surface area (TPSA) is 82.3 Å². The Labute approximate surface area is 92.2 Å². The van der Waals surface area contributed by atoms with Crippen molar-refractivity contribution in [1.29, 1.82) is 0 Å². The molecule has 0 amide bonds. The minimum Gasteiger partial charge on any atom is -0.463 e. The van der Waals surface area contributed by atoms with E-state index in [-0.39, 0.29) is 0 Å². The second kappa shape index (κ2) is 4.36. The lowest BCUT2D eigenvalue weighted by Gasteiger charge is -2.06. The molecule has 0 aromatic carbocycles. The molecule has 9 heteroatoms. The number of esters is 1. The van der Waals surface area contributed by atoms with Crippen molar-refractivity contribution in [3.8, 4) is 0 Å². The summed E-state index contributed by atoms with van der Waals surface area (Å²) in [6.45, 7) is 0. The quantitative estimate of drug-likeness (QED) is 0.454. The normalized spacial score (nSPS) is 11.1. The van der Waals surface area contributed by atoms with Gasteiger partial charge >= 0.3 is 18.0 Å². The Kier molecular flexibility index (Phi) is 3.30. The van der Waals surface area contributed by atoms with Crippen LogP contribution in [-0.2, 0) is 10.9 Å². The first-order chi connectivity index (χ1) is 7.77. The second-order valence-electron chi connectivity index (χ2n) is 2.81. The van der Waals surface area contributed by atoms with Crippen LogP contribution in [0.1, 0.15) is 16.1 Å². The SMILES string of the molecule is COC(=O)c1ccc(C(F)(F)F)c([N+](=O)[O-])n1. The fraction of sp³-hybridized carbons (Fsp3) is 0.250. The van der Waals surface area contributed by atoms with Crippen molar-refractivity contribution in [2.24, 2.45) is 0 Å². The summed E-state index contributed by atoms with van der Waals surface area (Å²) in [5, 5.41) is 10.4. The van der Waals surface area contributed by atoms with Gasteiger partial charge < -0.3 is 14.9 Å². The number of carbonyl (C=O) groups is 1. The number of ether oxygens (including phenoxy) is 1. The van der Waals surface area contributed by atoms with Gasteiger partial charge in [-0.15, -0.1) is 0 Å². The minimum atomic E-state index is -4.91. The highest BCUT2D eigenvalue weighted by Gasteiger charge is 2.40. The number of hydrogen-bond acceptors (Lipinski definition) is 5. The van der Waals surface area contributed by atoms with Gasteiger partial charge in [0.2, 0.25) is 0 Å². The fourth-order valence-electron chi connectivity index (χ4n) is 1.03. The first-order valence-corrected chi connectivity index (χ1v) is 4.08. The molecule has 17 heavy (non-hydrogen) atoms. The highest BCUT2D eigenvalue weighted by Crippen LogP contribution is 2.34. The third-order valence-electron chi connectivity index (χ3n) is 1.75. The number of nitrogens with zero attached hydrogens (tertiary/aromatic N) is 2. The van der Waals surface area contributed by atoms with E-state index in [0.29, 0.717) is 12.1 Å². The second-order valence-corrected chi connectivity index (χ2v) is 2.81. The Morgan fingerprint density at radius 2 is 2.06 bits per heavy atom. The van der Waals surface area contributed by atoms with E-state index in [1.165, 1.54) is 0 Å². The molecular formula is C8H5F3N2O4. The molecule has 0 fully saturated rings. The molecular weight excluding hydrogens is 245 g/mol. The molecule has 0 aliphatic rings. The van der Waals surface area contributed by atoms with E-state index in [0.717, 1.165) is 7.11 Å². The van der Waals surface area contributed by atoms with Crippen LogP contribution in [0.4, 0.5) is 19.0 Å². The van der Waals surface area contributed by atoms with Crippen molar-refractivity contribution in [3.63, 3.8) is 0 Å². The average Bonchev–Trinajstić information content (AvgIpc) is 2.25. The summed E-state index contributed by atoms with van der Waals surface area (Å²) in [5.74, 6) is -2.48. The Bertz CT molecular complexity index is 472. The lowest BCUT2D eigenvalue weighted by Crippen LogP contribution is -2.13. The lowest BCUT2D eigenvalue weighted by atomic mass is 10.2. The standard InChI is InChI=1S/C8H5F3N2O4/c1-17-7(14)5-3-2-4(8(9,10)11)6(12-5)13(15)16/h2-3H,1H3. The summed E-state index contributed by atoms with van der Waals surface area (Å²) >= 11 is 0. The van der Waals surface area contributed by atoms with E-state index < -0.39 is 34.1 Å². The third-order valence-corrected chi connectivity index (χ3v) is 1.75. The van der Waals surface area contributed by atoms with Crippen LogP contribution < -0.4 is 0 Å². The minimum absolute atomic E-state index is 0.414. The largest absolute Gasteiger partial charge is 0.463 e. The molecule has 1 heterocycles. The average molecular weight is 250 g/mol. The zero-order chi connectivity index (χ0) is 13.2. The number of hydrogen-bond donors (Lipinski definition) is 0. The molecule has 1 rings (SSSR count). The molecule has 1 aromatic rings. The van der Waals surface area contributed by atoms with E-state index in [4.69, 9.17) is 0 Å². The van der Waals surface area contributed by atoms with Crippen molar-refractivity contribution in [3.05, 3.63) is 33.5 Å². The summed E-state index contributed by atoms with van der Waals surface area (Å²) in [7, 11) is 0.980. The number of alkyl halides is 3. The molecule has 6 nitrogen and oxygen atoms in total. The molecule has 0 bridgehead atoms. The zero-order valence-electron chi connectivity index (χ0n) is 8.32. The molecule has 0 aliphatic heterocycles. The van der Waals surface area contributed by atoms with Crippen LogP contribution in [0.15, 0.2) is 12.1 Å². The first-order valence-electron chi connectivity index (χ1n) is 4.08. The van der Waals surface area contributed by atoms with E-state index >= 15 is 0 Å². The van der Waals surface area contributed by atoms with Crippen LogP contribution in [0.3, 0.4) is 0 Å². The van der Waals surface area contributed by atoms with E-state index in [9.17, 15) is 28.1 Å². The van der Waals surface area contributed by atoms with Crippen molar-refractivity contribution >= 4 is 11.8 Å². The van der Waals surface area contributed by atoms with Crippen LogP contribution in [0, 0.1) is 10.1 Å². The molecule has 1 aromatic heterocycles. The number of rotatable bonds is 2. The number of halogens is 3. The molecule has 0 radical (unpaired) electrons. The molecule has 0 aliphatic carbocycles. The van der Waals surface area contributed by atoms with Gasteiger partial charge in [0, 0.05) is 0 Å². The van der Waals surface area contributed by atoms with Crippen LogP contribution in [0.2, 0.25) is 0 Å². The van der Waals surface area contributed by atoms with Crippen LogP contribution in [0.25, 0.3) is 0 Å². The summed E-state index contributed by atoms with van der Waals surface area (Å²) in [4.78, 5) is 23.1. The summed E-state index contributed by atoms with van der Waals surface area (Å²) in [6.07, 6.45) is -4.91. The highest BCUT2D eigenvalue weighted by atomic mass is 19.4. The van der Waals surface area contributed by atoms with E-state index in [1.54, 1.807) is 0 Å². The maximum absolute atomic E-state index is 12.4. The van der Waals surface area contributed by atoms with E-state index in [2.05, 4.69) is 9.72 Å². The maximum Gasteiger partial charge on any atom is 0.424 e. The van der Waals surface area contributed by atoms with Gasteiger partial charge in [-0.3, -0.25) is 0 Å². The Morgan fingerprint density at radius 1 is 1.47 bits per heavy atom. The van der Waals surface area contributed by atoms with Gasteiger partial charge in [-0.1, -0.05) is 0 Å². The molecule has 0 spiro atoms. The van der Waals surface area contributed by atoms with Crippen molar-refractivity contribution in [2.75, 3.05) is 7.11 Å². The summed E-state index contributed by atoms with van der Waals surface area (Å²) in [5.41, 5.74) is -2.08. The molecule has 0 atom stereocenters. The van der Waals surface area contributed by atoms with Gasteiger partial charge in [0.25, 0.3) is 5.69 Å². The molecule has 92 valence electrons. The molecule has 0 N–H and O–H groups in total. The number of aromatic nitrogens is 1. The Hall–Kier alpha value is -2.19. The van der Waals surface area contributed by atoms with Gasteiger partial charge in [-0.2, -0.15) is 13.2 Å². The van der Waals surface area contributed by atoms with Gasteiger partial charge in [-0.05, 0) is 22.0 Å². The third kappa shape index (κ3) is 2.68. The predicted molar refractivity (Wildman–Crippen MR) is 47.2 cm³/mol. The molecule has 0 saturated carbocycles. The highest BCUT2D eigenvalue weighted by molar-refractivity contribution is 5.87. The summed E-state index contributed by atoms with van der Waals surface area (Å²) < 4.78 is 41.3. The smallest absolute Gasteiger partial charge is 0.424 e. The number of pyridine rings is 1. The Balaban J connectivity index is 3.37. The van der Waals surface area contributed by atoms with Gasteiger partial charge in [-0.25, -0.2) is 4.79 Å². The van der Waals surface area contributed by atoms with Gasteiger partial charge in [0.15, 0.2) is 5.56 Å². The predicted octanol–water partition coefficient (Wildman–Crippen LogP) is 1.80.